The summed E-state index contributed by atoms with van der Waals surface area (Å²) in [5.74, 6) is -0.277. The fourth-order valence-electron chi connectivity index (χ4n) is 2.44. The van der Waals surface area contributed by atoms with Crippen LogP contribution in [0.15, 0.2) is 28.9 Å². The van der Waals surface area contributed by atoms with Crippen LogP contribution in [0.2, 0.25) is 0 Å². The molecule has 3 nitrogen and oxygen atoms in total. The quantitative estimate of drug-likeness (QED) is 0.561. The third kappa shape index (κ3) is 3.23. The Morgan fingerprint density at radius 2 is 2.10 bits per heavy atom. The minimum atomic E-state index is -0.277. The number of carbonyl (C=O) groups is 1. The van der Waals surface area contributed by atoms with Gasteiger partial charge in [0.05, 0.1) is 12.7 Å². The number of carbonyl (C=O) groups excluding carboxylic acids is 1. The Balaban J connectivity index is 2.32. The summed E-state index contributed by atoms with van der Waals surface area (Å²) in [7, 11) is 1.42. The topological polar surface area (TPSA) is 31.2 Å². The van der Waals surface area contributed by atoms with Gasteiger partial charge in [0.25, 0.3) is 0 Å². The molecule has 0 aliphatic rings. The fraction of sp³-hybridized carbons (Fsp3) is 0.438. The molecule has 1 aromatic carbocycles. The molecule has 2 aromatic rings. The van der Waals surface area contributed by atoms with Crippen LogP contribution < -0.4 is 0 Å². The van der Waals surface area contributed by atoms with Gasteiger partial charge < -0.3 is 9.30 Å². The second-order valence-electron chi connectivity index (χ2n) is 4.95. The number of nitrogens with zero attached hydrogens (tertiary/aromatic N) is 1. The van der Waals surface area contributed by atoms with E-state index in [1.165, 1.54) is 26.4 Å². The van der Waals surface area contributed by atoms with Crippen molar-refractivity contribution in [1.29, 1.82) is 0 Å². The van der Waals surface area contributed by atoms with Gasteiger partial charge in [-0.2, -0.15) is 0 Å². The molecule has 0 aliphatic heterocycles. The van der Waals surface area contributed by atoms with Gasteiger partial charge in [0.2, 0.25) is 0 Å². The Morgan fingerprint density at radius 1 is 1.30 bits per heavy atom. The molecule has 1 heterocycles. The number of methoxy groups -OCH3 is 1. The number of aromatic nitrogens is 1. The summed E-state index contributed by atoms with van der Waals surface area (Å²) in [6.45, 7) is 3.15. The second-order valence-corrected chi connectivity index (χ2v) is 5.87. The first kappa shape index (κ1) is 15.1. The van der Waals surface area contributed by atoms with Crippen molar-refractivity contribution in [3.05, 3.63) is 34.4 Å². The highest BCUT2D eigenvalue weighted by Gasteiger charge is 2.15. The molecule has 0 spiro atoms. The number of esters is 1. The van der Waals surface area contributed by atoms with Crippen molar-refractivity contribution in [1.82, 2.24) is 4.57 Å². The van der Waals surface area contributed by atoms with Gasteiger partial charge in [-0.25, -0.2) is 4.79 Å². The first-order valence-electron chi connectivity index (χ1n) is 7.04. The summed E-state index contributed by atoms with van der Waals surface area (Å²) in [5.41, 5.74) is 1.73. The SMILES string of the molecule is CCCCCCn1cc(C(=O)OC)c2cc(Br)ccc21. The van der Waals surface area contributed by atoms with Crippen LogP contribution >= 0.6 is 15.9 Å². The van der Waals surface area contributed by atoms with Crippen LogP contribution in [0.1, 0.15) is 43.0 Å². The van der Waals surface area contributed by atoms with Crippen molar-refractivity contribution in [2.24, 2.45) is 0 Å². The van der Waals surface area contributed by atoms with Crippen molar-refractivity contribution < 1.29 is 9.53 Å². The summed E-state index contributed by atoms with van der Waals surface area (Å²) in [4.78, 5) is 11.9. The summed E-state index contributed by atoms with van der Waals surface area (Å²) in [5, 5.41) is 0.946. The smallest absolute Gasteiger partial charge is 0.340 e. The van der Waals surface area contributed by atoms with E-state index in [9.17, 15) is 4.79 Å². The Hall–Kier alpha value is -1.29. The zero-order chi connectivity index (χ0) is 14.5. The zero-order valence-corrected chi connectivity index (χ0v) is 13.6. The van der Waals surface area contributed by atoms with Gasteiger partial charge >= 0.3 is 5.97 Å². The van der Waals surface area contributed by atoms with Crippen LogP contribution in [0.25, 0.3) is 10.9 Å². The highest BCUT2D eigenvalue weighted by atomic mass is 79.9. The monoisotopic (exact) mass is 337 g/mol. The molecule has 0 aliphatic carbocycles. The van der Waals surface area contributed by atoms with Crippen LogP contribution in [-0.4, -0.2) is 17.6 Å². The van der Waals surface area contributed by atoms with Crippen molar-refractivity contribution in [3.63, 3.8) is 0 Å². The van der Waals surface area contributed by atoms with Crippen molar-refractivity contribution in [2.45, 2.75) is 39.2 Å². The highest BCUT2D eigenvalue weighted by molar-refractivity contribution is 9.10. The van der Waals surface area contributed by atoms with E-state index in [0.29, 0.717) is 5.56 Å². The van der Waals surface area contributed by atoms with Gasteiger partial charge in [-0.1, -0.05) is 42.1 Å². The van der Waals surface area contributed by atoms with Gasteiger partial charge in [0, 0.05) is 28.1 Å². The lowest BCUT2D eigenvalue weighted by Gasteiger charge is -2.04. The molecular weight excluding hydrogens is 318 g/mol. The number of halogens is 1. The maximum Gasteiger partial charge on any atom is 0.340 e. The number of aryl methyl sites for hydroxylation is 1. The van der Waals surface area contributed by atoms with E-state index in [1.54, 1.807) is 0 Å². The van der Waals surface area contributed by atoms with E-state index in [0.717, 1.165) is 28.3 Å². The highest BCUT2D eigenvalue weighted by Crippen LogP contribution is 2.26. The first-order valence-corrected chi connectivity index (χ1v) is 7.83. The van der Waals surface area contributed by atoms with Gasteiger partial charge in [0.15, 0.2) is 0 Å². The minimum Gasteiger partial charge on any atom is -0.465 e. The number of hydrogen-bond donors (Lipinski definition) is 0. The summed E-state index contributed by atoms with van der Waals surface area (Å²) >= 11 is 3.46. The number of rotatable bonds is 6. The Bertz CT molecular complexity index is 604. The normalized spacial score (nSPS) is 10.9. The molecule has 1 aromatic heterocycles. The predicted octanol–water partition coefficient (Wildman–Crippen LogP) is 4.77. The maximum atomic E-state index is 11.9. The zero-order valence-electron chi connectivity index (χ0n) is 12.0. The Labute approximate surface area is 128 Å². The van der Waals surface area contributed by atoms with Gasteiger partial charge in [-0.3, -0.25) is 0 Å². The molecule has 0 fully saturated rings. The van der Waals surface area contributed by atoms with Gasteiger partial charge in [-0.05, 0) is 24.6 Å². The molecule has 0 radical (unpaired) electrons. The van der Waals surface area contributed by atoms with E-state index in [2.05, 4.69) is 27.4 Å². The molecule has 2 rings (SSSR count). The molecule has 108 valence electrons. The molecule has 4 heteroatoms. The van der Waals surface area contributed by atoms with E-state index >= 15 is 0 Å². The largest absolute Gasteiger partial charge is 0.465 e. The van der Waals surface area contributed by atoms with E-state index in [4.69, 9.17) is 4.74 Å². The predicted molar refractivity (Wildman–Crippen MR) is 85.1 cm³/mol. The summed E-state index contributed by atoms with van der Waals surface area (Å²) < 4.78 is 8.00. The maximum absolute atomic E-state index is 11.9. The Morgan fingerprint density at radius 3 is 2.80 bits per heavy atom. The van der Waals surface area contributed by atoms with Crippen LogP contribution in [-0.2, 0) is 11.3 Å². The number of hydrogen-bond acceptors (Lipinski definition) is 2. The third-order valence-corrected chi connectivity index (χ3v) is 3.99. The Kier molecular flexibility index (Phi) is 5.24. The van der Waals surface area contributed by atoms with E-state index in [1.807, 2.05) is 24.4 Å². The number of ether oxygens (including phenoxy) is 1. The average Bonchev–Trinajstić information content (AvgIpc) is 2.81. The molecule has 0 N–H and O–H groups in total. The van der Waals surface area contributed by atoms with Gasteiger partial charge in [-0.15, -0.1) is 0 Å². The van der Waals surface area contributed by atoms with Crippen LogP contribution in [0, 0.1) is 0 Å². The molecule has 20 heavy (non-hydrogen) atoms. The number of unbranched alkanes of at least 4 members (excludes halogenated alkanes) is 3. The average molecular weight is 338 g/mol. The van der Waals surface area contributed by atoms with E-state index < -0.39 is 0 Å². The molecule has 0 bridgehead atoms. The lowest BCUT2D eigenvalue weighted by Crippen LogP contribution is -2.00. The van der Waals surface area contributed by atoms with E-state index in [-0.39, 0.29) is 5.97 Å². The lowest BCUT2D eigenvalue weighted by atomic mass is 10.2. The van der Waals surface area contributed by atoms with Crippen LogP contribution in [0.3, 0.4) is 0 Å². The fourth-order valence-corrected chi connectivity index (χ4v) is 2.80. The van der Waals surface area contributed by atoms with Crippen molar-refractivity contribution in [2.75, 3.05) is 7.11 Å². The van der Waals surface area contributed by atoms with Gasteiger partial charge in [0.1, 0.15) is 0 Å². The minimum absolute atomic E-state index is 0.277. The van der Waals surface area contributed by atoms with Crippen LogP contribution in [0.5, 0.6) is 0 Å². The number of benzene rings is 1. The molecule has 0 saturated carbocycles. The summed E-state index contributed by atoms with van der Waals surface area (Å²) in [6, 6.07) is 6.03. The molecular formula is C16H20BrNO2. The third-order valence-electron chi connectivity index (χ3n) is 3.50. The molecule has 0 atom stereocenters. The van der Waals surface area contributed by atoms with Crippen molar-refractivity contribution in [3.8, 4) is 0 Å². The molecule has 0 saturated heterocycles. The number of fused-ring (bicyclic) bond motifs is 1. The van der Waals surface area contributed by atoms with Crippen molar-refractivity contribution >= 4 is 32.8 Å². The van der Waals surface area contributed by atoms with Crippen LogP contribution in [0.4, 0.5) is 0 Å². The standard InChI is InChI=1S/C16H20BrNO2/c1-3-4-5-6-9-18-11-14(16(19)20-2)13-10-12(17)7-8-15(13)18/h7-8,10-11H,3-6,9H2,1-2H3. The first-order chi connectivity index (χ1) is 9.67. The summed E-state index contributed by atoms with van der Waals surface area (Å²) in [6.07, 6.45) is 6.75. The second kappa shape index (κ2) is 6.93. The molecule has 0 unspecified atom stereocenters. The molecule has 0 amide bonds. The lowest BCUT2D eigenvalue weighted by molar-refractivity contribution is 0.0602.